The predicted octanol–water partition coefficient (Wildman–Crippen LogP) is 0.124. The van der Waals surface area contributed by atoms with E-state index in [0.29, 0.717) is 19.4 Å². The molecule has 1 fully saturated rings. The molecule has 0 bridgehead atoms. The Bertz CT molecular complexity index is 650. The van der Waals surface area contributed by atoms with Crippen molar-refractivity contribution < 1.29 is 27.5 Å². The number of carboxylic acids is 1. The summed E-state index contributed by atoms with van der Waals surface area (Å²) in [6.45, 7) is 0.528. The number of piperidine rings is 1. The first-order chi connectivity index (χ1) is 9.85. The van der Waals surface area contributed by atoms with Crippen LogP contribution in [0.5, 0.6) is 0 Å². The lowest BCUT2D eigenvalue weighted by Crippen LogP contribution is -2.42. The quantitative estimate of drug-likeness (QED) is 0.815. The van der Waals surface area contributed by atoms with Crippen LogP contribution in [0.15, 0.2) is 21.6 Å². The zero-order valence-corrected chi connectivity index (χ0v) is 12.2. The Morgan fingerprint density at radius 3 is 2.76 bits per heavy atom. The molecule has 0 saturated carbocycles. The topological polar surface area (TPSA) is 117 Å². The van der Waals surface area contributed by atoms with Gasteiger partial charge in [-0.25, -0.2) is 13.1 Å². The molecule has 1 amide bonds. The largest absolute Gasteiger partial charge is 0.481 e. The fourth-order valence-electron chi connectivity index (χ4n) is 2.20. The molecule has 0 aromatic carbocycles. The summed E-state index contributed by atoms with van der Waals surface area (Å²) in [4.78, 5) is 24.6. The minimum absolute atomic E-state index is 0.100. The van der Waals surface area contributed by atoms with Crippen LogP contribution in [0.1, 0.15) is 23.4 Å². The first-order valence-corrected chi connectivity index (χ1v) is 7.89. The molecular weight excluding hydrogens is 300 g/mol. The highest BCUT2D eigenvalue weighted by Gasteiger charge is 2.30. The van der Waals surface area contributed by atoms with E-state index in [1.807, 2.05) is 0 Å². The summed E-state index contributed by atoms with van der Waals surface area (Å²) in [5, 5.41) is 8.66. The molecule has 2 N–H and O–H groups in total. The number of sulfonamides is 1. The number of aliphatic carboxylic acids is 1. The molecule has 116 valence electrons. The van der Waals surface area contributed by atoms with E-state index in [4.69, 9.17) is 9.52 Å². The summed E-state index contributed by atoms with van der Waals surface area (Å²) in [6, 6.07) is 2.47. The van der Waals surface area contributed by atoms with E-state index in [1.54, 1.807) is 0 Å². The molecule has 1 atom stereocenters. The van der Waals surface area contributed by atoms with E-state index in [9.17, 15) is 18.0 Å². The highest BCUT2D eigenvalue weighted by Crippen LogP contribution is 2.21. The Hall–Kier alpha value is -1.87. The Balaban J connectivity index is 2.15. The lowest BCUT2D eigenvalue weighted by Gasteiger charge is -2.29. The smallest absolute Gasteiger partial charge is 0.308 e. The number of carboxylic acid groups (broad SMARTS) is 1. The Morgan fingerprint density at radius 1 is 1.43 bits per heavy atom. The van der Waals surface area contributed by atoms with Crippen molar-refractivity contribution >= 4 is 21.9 Å². The van der Waals surface area contributed by atoms with Gasteiger partial charge in [0, 0.05) is 13.1 Å². The minimum Gasteiger partial charge on any atom is -0.481 e. The van der Waals surface area contributed by atoms with Gasteiger partial charge in [-0.1, -0.05) is 0 Å². The predicted molar refractivity (Wildman–Crippen MR) is 71.2 cm³/mol. The van der Waals surface area contributed by atoms with Gasteiger partial charge in [0.05, 0.1) is 5.92 Å². The molecule has 1 saturated heterocycles. The summed E-state index contributed by atoms with van der Waals surface area (Å²) < 4.78 is 30.2. The van der Waals surface area contributed by atoms with Crippen molar-refractivity contribution in [3.63, 3.8) is 0 Å². The Labute approximate surface area is 121 Å². The molecular formula is C12H16N2O6S. The zero-order valence-electron chi connectivity index (χ0n) is 11.4. The number of nitrogens with one attached hydrogen (secondary N) is 1. The van der Waals surface area contributed by atoms with Gasteiger partial charge >= 0.3 is 5.97 Å². The number of hydrogen-bond donors (Lipinski definition) is 2. The maximum Gasteiger partial charge on any atom is 0.308 e. The number of hydrogen-bond acceptors (Lipinski definition) is 5. The lowest BCUT2D eigenvalue weighted by atomic mass is 9.98. The van der Waals surface area contributed by atoms with E-state index in [0.717, 1.165) is 0 Å². The van der Waals surface area contributed by atoms with Crippen molar-refractivity contribution in [3.8, 4) is 0 Å². The summed E-state index contributed by atoms with van der Waals surface area (Å²) >= 11 is 0. The van der Waals surface area contributed by atoms with E-state index in [1.165, 1.54) is 24.1 Å². The first kappa shape index (κ1) is 15.5. The molecule has 0 aliphatic carbocycles. The highest BCUT2D eigenvalue weighted by molar-refractivity contribution is 7.89. The molecule has 8 nitrogen and oxygen atoms in total. The van der Waals surface area contributed by atoms with Crippen LogP contribution in [-0.2, 0) is 14.8 Å². The average molecular weight is 316 g/mol. The van der Waals surface area contributed by atoms with Crippen LogP contribution in [0.3, 0.4) is 0 Å². The van der Waals surface area contributed by atoms with Crippen molar-refractivity contribution in [2.45, 2.75) is 17.9 Å². The summed E-state index contributed by atoms with van der Waals surface area (Å²) in [6.07, 6.45) is 1.11. The van der Waals surface area contributed by atoms with Crippen molar-refractivity contribution in [2.24, 2.45) is 5.92 Å². The molecule has 1 aromatic rings. The van der Waals surface area contributed by atoms with E-state index < -0.39 is 27.8 Å². The number of nitrogens with zero attached hydrogens (tertiary/aromatic N) is 1. The fourth-order valence-corrected chi connectivity index (χ4v) is 2.85. The third kappa shape index (κ3) is 3.24. The van der Waals surface area contributed by atoms with E-state index in [2.05, 4.69) is 4.72 Å². The van der Waals surface area contributed by atoms with Crippen molar-refractivity contribution in [1.82, 2.24) is 9.62 Å². The van der Waals surface area contributed by atoms with Crippen LogP contribution in [0.25, 0.3) is 0 Å². The van der Waals surface area contributed by atoms with E-state index in [-0.39, 0.29) is 17.4 Å². The number of carbonyl (C=O) groups is 2. The van der Waals surface area contributed by atoms with Gasteiger partial charge in [0.1, 0.15) is 0 Å². The molecule has 1 aromatic heterocycles. The van der Waals surface area contributed by atoms with E-state index >= 15 is 0 Å². The summed E-state index contributed by atoms with van der Waals surface area (Å²) in [5.74, 6) is -2.16. The van der Waals surface area contributed by atoms with Crippen molar-refractivity contribution in [1.29, 1.82) is 0 Å². The van der Waals surface area contributed by atoms with Gasteiger partial charge in [-0.3, -0.25) is 9.59 Å². The SMILES string of the molecule is CNS(=O)(=O)c1ccc(C(=O)N2CCC[C@@H](C(=O)O)C2)o1. The molecule has 1 aliphatic rings. The van der Waals surface area contributed by atoms with Gasteiger partial charge in [0.2, 0.25) is 5.09 Å². The third-order valence-electron chi connectivity index (χ3n) is 3.38. The minimum atomic E-state index is -3.75. The molecule has 1 aliphatic heterocycles. The van der Waals surface area contributed by atoms with Gasteiger partial charge in [0.15, 0.2) is 5.76 Å². The normalized spacial score (nSPS) is 19.5. The maximum absolute atomic E-state index is 12.2. The van der Waals surface area contributed by atoms with Crippen LogP contribution in [0.2, 0.25) is 0 Å². The van der Waals surface area contributed by atoms with Gasteiger partial charge in [-0.05, 0) is 32.0 Å². The van der Waals surface area contributed by atoms with Crippen LogP contribution in [0, 0.1) is 5.92 Å². The van der Waals surface area contributed by atoms with Crippen LogP contribution >= 0.6 is 0 Å². The van der Waals surface area contributed by atoms with Gasteiger partial charge < -0.3 is 14.4 Å². The standard InChI is InChI=1S/C12H16N2O6S/c1-13-21(18,19)10-5-4-9(20-10)11(15)14-6-2-3-8(7-14)12(16)17/h4-5,8,13H,2-3,6-7H2,1H3,(H,16,17)/t8-/m1/s1. The molecule has 0 radical (unpaired) electrons. The van der Waals surface area contributed by atoms with Gasteiger partial charge in [0.25, 0.3) is 15.9 Å². The molecule has 9 heteroatoms. The molecule has 2 heterocycles. The van der Waals surface area contributed by atoms with Crippen LogP contribution in [0.4, 0.5) is 0 Å². The average Bonchev–Trinajstić information content (AvgIpc) is 2.97. The molecule has 0 spiro atoms. The van der Waals surface area contributed by atoms with Gasteiger partial charge in [-0.2, -0.15) is 0 Å². The Kier molecular flexibility index (Phi) is 4.33. The lowest BCUT2D eigenvalue weighted by molar-refractivity contribution is -0.143. The van der Waals surface area contributed by atoms with Crippen LogP contribution in [-0.4, -0.2) is 50.4 Å². The fraction of sp³-hybridized carbons (Fsp3) is 0.500. The summed E-state index contributed by atoms with van der Waals surface area (Å²) in [5.41, 5.74) is 0. The number of amides is 1. The molecule has 21 heavy (non-hydrogen) atoms. The third-order valence-corrected chi connectivity index (χ3v) is 4.67. The monoisotopic (exact) mass is 316 g/mol. The van der Waals surface area contributed by atoms with Gasteiger partial charge in [-0.15, -0.1) is 0 Å². The Morgan fingerprint density at radius 2 is 2.14 bits per heavy atom. The van der Waals surface area contributed by atoms with Crippen molar-refractivity contribution in [2.75, 3.05) is 20.1 Å². The molecule has 0 unspecified atom stereocenters. The number of rotatable bonds is 4. The maximum atomic E-state index is 12.2. The first-order valence-electron chi connectivity index (χ1n) is 6.40. The number of likely N-dealkylation sites (tertiary alicyclic amines) is 1. The number of carbonyl (C=O) groups excluding carboxylic acids is 1. The second-order valence-corrected chi connectivity index (χ2v) is 6.57. The molecule has 2 rings (SSSR count). The highest BCUT2D eigenvalue weighted by atomic mass is 32.2. The zero-order chi connectivity index (χ0) is 15.6. The second-order valence-electron chi connectivity index (χ2n) is 4.75. The second kappa shape index (κ2) is 5.86. The number of furan rings is 1. The summed E-state index contributed by atoms with van der Waals surface area (Å²) in [7, 11) is -2.51. The van der Waals surface area contributed by atoms with Crippen molar-refractivity contribution in [3.05, 3.63) is 17.9 Å². The van der Waals surface area contributed by atoms with Crippen LogP contribution < -0.4 is 4.72 Å².